The molecule has 2 atom stereocenters. The van der Waals surface area contributed by atoms with E-state index in [-0.39, 0.29) is 30.7 Å². The summed E-state index contributed by atoms with van der Waals surface area (Å²) in [4.78, 5) is 26.9. The molecule has 0 saturated heterocycles. The number of benzene rings is 2. The second-order valence-corrected chi connectivity index (χ2v) is 7.65. The number of rotatable bonds is 10. The first-order valence-corrected chi connectivity index (χ1v) is 10.4. The Kier molecular flexibility index (Phi) is 9.44. The molecule has 160 valence electrons. The normalized spacial score (nSPS) is 12.5. The quantitative estimate of drug-likeness (QED) is 0.308. The summed E-state index contributed by atoms with van der Waals surface area (Å²) >= 11 is 5.58. The minimum atomic E-state index is -0.588. The molecule has 0 radical (unpaired) electrons. The Balaban J connectivity index is 2.30. The summed E-state index contributed by atoms with van der Waals surface area (Å²) in [6.45, 7) is 2.53. The highest BCUT2D eigenvalue weighted by Crippen LogP contribution is 2.21. The van der Waals surface area contributed by atoms with Crippen molar-refractivity contribution in [3.8, 4) is 0 Å². The van der Waals surface area contributed by atoms with Gasteiger partial charge < -0.3 is 10.2 Å². The Hall–Kier alpha value is -2.77. The molecule has 0 fully saturated rings. The van der Waals surface area contributed by atoms with Gasteiger partial charge in [-0.3, -0.25) is 14.8 Å². The van der Waals surface area contributed by atoms with Gasteiger partial charge in [0.05, 0.1) is 11.0 Å². The Morgan fingerprint density at radius 2 is 1.63 bits per heavy atom. The maximum atomic E-state index is 13.2. The van der Waals surface area contributed by atoms with Crippen LogP contribution in [0.15, 0.2) is 60.7 Å². The van der Waals surface area contributed by atoms with Crippen LogP contribution in [0.25, 0.3) is 0 Å². The number of hydrogen-bond donors (Lipinski definition) is 3. The summed E-state index contributed by atoms with van der Waals surface area (Å²) in [6.07, 6.45) is 0.474. The molecule has 2 amide bonds. The Morgan fingerprint density at radius 1 is 1.03 bits per heavy atom. The van der Waals surface area contributed by atoms with Crippen molar-refractivity contribution in [2.45, 2.75) is 38.1 Å². The monoisotopic (exact) mass is 427 g/mol. The number of nitrogens with zero attached hydrogens (tertiary/aromatic N) is 1. The van der Waals surface area contributed by atoms with Gasteiger partial charge in [0.1, 0.15) is 0 Å². The van der Waals surface area contributed by atoms with Crippen LogP contribution >= 0.6 is 12.2 Å². The molecule has 3 N–H and O–H groups in total. The van der Waals surface area contributed by atoms with Crippen LogP contribution in [0.1, 0.15) is 36.8 Å². The summed E-state index contributed by atoms with van der Waals surface area (Å²) < 4.78 is 0. The van der Waals surface area contributed by atoms with Gasteiger partial charge in [0, 0.05) is 26.4 Å². The van der Waals surface area contributed by atoms with Crippen LogP contribution in [0.5, 0.6) is 0 Å². The molecule has 30 heavy (non-hydrogen) atoms. The lowest BCUT2D eigenvalue weighted by Gasteiger charge is -2.34. The molecule has 0 aromatic heterocycles. The summed E-state index contributed by atoms with van der Waals surface area (Å²) in [7, 11) is 1.75. The van der Waals surface area contributed by atoms with Gasteiger partial charge in [-0.05, 0) is 23.5 Å². The highest BCUT2D eigenvalue weighted by molar-refractivity contribution is 7.80. The first-order chi connectivity index (χ1) is 14.5. The van der Waals surface area contributed by atoms with Crippen LogP contribution in [0.4, 0.5) is 0 Å². The number of hydroxylamine groups is 1. The number of likely N-dealkylation sites (N-methyl/N-ethyl adjacent to an activating group) is 1. The summed E-state index contributed by atoms with van der Waals surface area (Å²) in [6, 6.07) is 19.5. The molecule has 7 heteroatoms. The molecule has 2 aromatic rings. The van der Waals surface area contributed by atoms with E-state index in [0.717, 1.165) is 11.1 Å². The second kappa shape index (κ2) is 12.0. The van der Waals surface area contributed by atoms with Crippen molar-refractivity contribution in [1.29, 1.82) is 0 Å². The maximum Gasteiger partial charge on any atom is 0.243 e. The fraction of sp³-hybridized carbons (Fsp3) is 0.348. The molecule has 2 rings (SSSR count). The third-order valence-electron chi connectivity index (χ3n) is 5.05. The van der Waals surface area contributed by atoms with Gasteiger partial charge in [0.2, 0.25) is 11.8 Å². The van der Waals surface area contributed by atoms with Crippen molar-refractivity contribution >= 4 is 29.0 Å². The van der Waals surface area contributed by atoms with Gasteiger partial charge in [-0.15, -0.1) is 0 Å². The largest absolute Gasteiger partial charge is 0.381 e. The molecule has 2 aromatic carbocycles. The third kappa shape index (κ3) is 6.93. The summed E-state index contributed by atoms with van der Waals surface area (Å²) in [5.41, 5.74) is 3.77. The number of carbonyl (C=O) groups is 2. The van der Waals surface area contributed by atoms with Crippen LogP contribution < -0.4 is 10.8 Å². The molecule has 0 saturated carbocycles. The van der Waals surface area contributed by atoms with Gasteiger partial charge in [-0.1, -0.05) is 79.8 Å². The van der Waals surface area contributed by atoms with E-state index in [9.17, 15) is 9.59 Å². The predicted octanol–water partition coefficient (Wildman–Crippen LogP) is 3.06. The Bertz CT molecular complexity index is 830. The fourth-order valence-electron chi connectivity index (χ4n) is 3.35. The molecule has 0 bridgehead atoms. The van der Waals surface area contributed by atoms with Crippen molar-refractivity contribution < 1.29 is 14.8 Å². The van der Waals surface area contributed by atoms with Gasteiger partial charge >= 0.3 is 0 Å². The average molecular weight is 428 g/mol. The van der Waals surface area contributed by atoms with E-state index in [0.29, 0.717) is 18.0 Å². The lowest BCUT2D eigenvalue weighted by atomic mass is 9.97. The van der Waals surface area contributed by atoms with Crippen molar-refractivity contribution in [2.24, 2.45) is 0 Å². The zero-order valence-corrected chi connectivity index (χ0v) is 18.2. The minimum absolute atomic E-state index is 0.00841. The minimum Gasteiger partial charge on any atom is -0.381 e. The molecule has 0 aliphatic heterocycles. The van der Waals surface area contributed by atoms with Crippen LogP contribution in [-0.4, -0.2) is 46.5 Å². The second-order valence-electron chi connectivity index (χ2n) is 7.21. The number of thiocarbonyl (C=S) groups is 1. The average Bonchev–Trinajstić information content (AvgIpc) is 2.79. The van der Waals surface area contributed by atoms with E-state index in [1.807, 2.05) is 60.7 Å². The van der Waals surface area contributed by atoms with Crippen LogP contribution in [0, 0.1) is 0 Å². The molecule has 6 nitrogen and oxygen atoms in total. The zero-order valence-electron chi connectivity index (χ0n) is 17.4. The van der Waals surface area contributed by atoms with E-state index < -0.39 is 5.91 Å². The predicted molar refractivity (Wildman–Crippen MR) is 121 cm³/mol. The highest BCUT2D eigenvalue weighted by Gasteiger charge is 2.29. The standard InChI is InChI=1S/C23H29N3O3S/c1-17(19-11-7-4-8-12-19)16-26(22(28)14-13-21(27)25-29)20(23(30)24-2)15-18-9-5-3-6-10-18/h3-12,17,20,29H,13-16H2,1-2H3,(H,24,30)(H,25,27)/t17-,20-/m0/s1. The summed E-state index contributed by atoms with van der Waals surface area (Å²) in [5, 5.41) is 11.8. The molecule has 0 unspecified atom stereocenters. The van der Waals surface area contributed by atoms with Crippen molar-refractivity contribution in [1.82, 2.24) is 15.7 Å². The SMILES string of the molecule is CNC(=S)[C@H](Cc1ccccc1)N(C[C@H](C)c1ccccc1)C(=O)CCC(=O)NO. The number of nitrogens with one attached hydrogen (secondary N) is 2. The Labute approximate surface area is 183 Å². The molecule has 0 spiro atoms. The highest BCUT2D eigenvalue weighted by atomic mass is 32.1. The molecule has 0 aliphatic rings. The number of amides is 2. The van der Waals surface area contributed by atoms with Crippen LogP contribution in [0.2, 0.25) is 0 Å². The smallest absolute Gasteiger partial charge is 0.243 e. The first-order valence-electron chi connectivity index (χ1n) is 9.99. The van der Waals surface area contributed by atoms with Gasteiger partial charge in [-0.2, -0.15) is 0 Å². The topological polar surface area (TPSA) is 81.7 Å². The van der Waals surface area contributed by atoms with E-state index in [4.69, 9.17) is 17.4 Å². The van der Waals surface area contributed by atoms with E-state index >= 15 is 0 Å². The lowest BCUT2D eigenvalue weighted by Crippen LogP contribution is -2.50. The molecular weight excluding hydrogens is 398 g/mol. The first kappa shape index (κ1) is 23.5. The van der Waals surface area contributed by atoms with Crippen molar-refractivity contribution in [3.05, 3.63) is 71.8 Å². The lowest BCUT2D eigenvalue weighted by molar-refractivity contribution is -0.136. The fourth-order valence-corrected chi connectivity index (χ4v) is 3.56. The molecular formula is C23H29N3O3S. The maximum absolute atomic E-state index is 13.2. The molecule has 0 heterocycles. The van der Waals surface area contributed by atoms with E-state index in [1.165, 1.54) is 0 Å². The number of hydrogen-bond acceptors (Lipinski definition) is 4. The summed E-state index contributed by atoms with van der Waals surface area (Å²) in [5.74, 6) is -0.685. The van der Waals surface area contributed by atoms with Crippen molar-refractivity contribution in [2.75, 3.05) is 13.6 Å². The van der Waals surface area contributed by atoms with Crippen LogP contribution in [0.3, 0.4) is 0 Å². The Morgan fingerprint density at radius 3 is 2.20 bits per heavy atom. The van der Waals surface area contributed by atoms with E-state index in [1.54, 1.807) is 17.4 Å². The van der Waals surface area contributed by atoms with Crippen LogP contribution in [-0.2, 0) is 16.0 Å². The molecule has 0 aliphatic carbocycles. The zero-order chi connectivity index (χ0) is 21.9. The van der Waals surface area contributed by atoms with E-state index in [2.05, 4.69) is 12.2 Å². The van der Waals surface area contributed by atoms with Gasteiger partial charge in [0.25, 0.3) is 0 Å². The van der Waals surface area contributed by atoms with Gasteiger partial charge in [0.15, 0.2) is 0 Å². The third-order valence-corrected chi connectivity index (χ3v) is 5.52. The number of carbonyl (C=O) groups excluding carboxylic acids is 2. The van der Waals surface area contributed by atoms with Crippen molar-refractivity contribution in [3.63, 3.8) is 0 Å². The van der Waals surface area contributed by atoms with Gasteiger partial charge in [-0.25, -0.2) is 5.48 Å².